The number of ketones is 1. The smallest absolute Gasteiger partial charge is 0.411 e. The average Bonchev–Trinajstić information content (AvgIpc) is 2.91. The number of carbonyl (C=O) groups excluding carboxylic acids is 3. The van der Waals surface area contributed by atoms with Gasteiger partial charge in [-0.1, -0.05) is 42.5 Å². The van der Waals surface area contributed by atoms with Crippen molar-refractivity contribution in [3.63, 3.8) is 0 Å². The molecular formula is C31H40N4O4. The van der Waals surface area contributed by atoms with E-state index in [0.29, 0.717) is 37.5 Å². The number of hydrogen-bond acceptors (Lipinski definition) is 6. The highest BCUT2D eigenvalue weighted by Crippen LogP contribution is 2.14. The van der Waals surface area contributed by atoms with E-state index in [1.165, 1.54) is 13.0 Å². The highest BCUT2D eigenvalue weighted by Gasteiger charge is 2.07. The fourth-order valence-electron chi connectivity index (χ4n) is 3.55. The van der Waals surface area contributed by atoms with Crippen LogP contribution in [-0.2, 0) is 27.3 Å². The minimum atomic E-state index is -0.510. The lowest BCUT2D eigenvalue weighted by Crippen LogP contribution is -2.26. The molecule has 0 spiro atoms. The molecule has 2 aromatic carbocycles. The molecule has 0 heterocycles. The molecule has 8 nitrogen and oxygen atoms in total. The van der Waals surface area contributed by atoms with Gasteiger partial charge in [0.25, 0.3) is 0 Å². The Morgan fingerprint density at radius 2 is 1.64 bits per heavy atom. The molecule has 0 saturated carbocycles. The summed E-state index contributed by atoms with van der Waals surface area (Å²) in [6.45, 7) is 9.45. The first-order chi connectivity index (χ1) is 18.8. The molecule has 2 aromatic rings. The van der Waals surface area contributed by atoms with Crippen LogP contribution in [0.2, 0.25) is 0 Å². The average molecular weight is 533 g/mol. The largest absolute Gasteiger partial charge is 0.450 e. The van der Waals surface area contributed by atoms with Gasteiger partial charge >= 0.3 is 6.09 Å². The molecule has 0 aromatic heterocycles. The van der Waals surface area contributed by atoms with Gasteiger partial charge < -0.3 is 15.4 Å². The molecule has 2 rings (SSSR count). The van der Waals surface area contributed by atoms with Crippen molar-refractivity contribution < 1.29 is 19.1 Å². The Kier molecular flexibility index (Phi) is 13.8. The summed E-state index contributed by atoms with van der Waals surface area (Å²) in [5.74, 6) is -0.0913. The van der Waals surface area contributed by atoms with E-state index in [-0.39, 0.29) is 11.7 Å². The van der Waals surface area contributed by atoms with Crippen molar-refractivity contribution in [1.29, 1.82) is 0 Å². The van der Waals surface area contributed by atoms with Gasteiger partial charge in [-0.25, -0.2) is 4.79 Å². The molecule has 3 N–H and O–H groups in total. The van der Waals surface area contributed by atoms with Crippen molar-refractivity contribution in [3.05, 3.63) is 89.1 Å². The van der Waals surface area contributed by atoms with Gasteiger partial charge in [0.1, 0.15) is 0 Å². The second-order valence-corrected chi connectivity index (χ2v) is 9.02. The minimum Gasteiger partial charge on any atom is -0.450 e. The first-order valence-corrected chi connectivity index (χ1v) is 13.3. The number of unbranched alkanes of at least 4 members (excludes halogenated alkanes) is 1. The maximum absolute atomic E-state index is 12.3. The number of nitrogens with one attached hydrogen (secondary N) is 3. The highest BCUT2D eigenvalue weighted by atomic mass is 16.5. The number of rotatable bonds is 15. The van der Waals surface area contributed by atoms with Crippen molar-refractivity contribution in [2.24, 2.45) is 4.99 Å². The summed E-state index contributed by atoms with van der Waals surface area (Å²) in [7, 11) is 0. The van der Waals surface area contributed by atoms with E-state index in [9.17, 15) is 14.4 Å². The third kappa shape index (κ3) is 12.7. The maximum atomic E-state index is 12.3. The van der Waals surface area contributed by atoms with Crippen LogP contribution in [-0.4, -0.2) is 43.2 Å². The first-order valence-electron chi connectivity index (χ1n) is 13.3. The fourth-order valence-corrected chi connectivity index (χ4v) is 3.55. The Morgan fingerprint density at radius 3 is 2.31 bits per heavy atom. The summed E-state index contributed by atoms with van der Waals surface area (Å²) in [4.78, 5) is 40.3. The van der Waals surface area contributed by atoms with Gasteiger partial charge in [0.15, 0.2) is 5.78 Å². The lowest BCUT2D eigenvalue weighted by atomic mass is 10.0. The molecule has 208 valence electrons. The zero-order chi connectivity index (χ0) is 28.5. The highest BCUT2D eigenvalue weighted by molar-refractivity contribution is 6.11. The summed E-state index contributed by atoms with van der Waals surface area (Å²) < 4.78 is 4.93. The summed E-state index contributed by atoms with van der Waals surface area (Å²) in [6, 6.07) is 15.0. The van der Waals surface area contributed by atoms with Crippen LogP contribution in [0.25, 0.3) is 0 Å². The van der Waals surface area contributed by atoms with Gasteiger partial charge in [0.2, 0.25) is 5.91 Å². The van der Waals surface area contributed by atoms with E-state index in [4.69, 9.17) is 9.73 Å². The lowest BCUT2D eigenvalue weighted by Gasteiger charge is -2.09. The van der Waals surface area contributed by atoms with Crippen LogP contribution in [0.4, 0.5) is 10.5 Å². The molecule has 0 saturated heterocycles. The Labute approximate surface area is 231 Å². The number of carbonyl (C=O) groups is 3. The molecule has 0 aliphatic heterocycles. The monoisotopic (exact) mass is 532 g/mol. The molecule has 0 unspecified atom stereocenters. The summed E-state index contributed by atoms with van der Waals surface area (Å²) in [5.41, 5.74) is 5.04. The third-order valence-corrected chi connectivity index (χ3v) is 5.73. The number of hydrogen-bond donors (Lipinski definition) is 3. The van der Waals surface area contributed by atoms with Crippen molar-refractivity contribution in [2.45, 2.75) is 53.5 Å². The van der Waals surface area contributed by atoms with E-state index in [1.807, 2.05) is 62.4 Å². The number of aliphatic imine (C=N–C) groups is 1. The Balaban J connectivity index is 1.98. The first kappa shape index (κ1) is 31.0. The van der Waals surface area contributed by atoms with E-state index < -0.39 is 6.09 Å². The minimum absolute atomic E-state index is 0.0120. The normalized spacial score (nSPS) is 11.8. The third-order valence-electron chi connectivity index (χ3n) is 5.73. The molecule has 2 amide bonds. The Hall–Kier alpha value is -4.20. The van der Waals surface area contributed by atoms with Crippen LogP contribution in [0.15, 0.2) is 77.4 Å². The van der Waals surface area contributed by atoms with Gasteiger partial charge in [0.05, 0.1) is 25.3 Å². The fraction of sp³-hybridized carbons (Fsp3) is 0.355. The molecular weight excluding hydrogens is 492 g/mol. The summed E-state index contributed by atoms with van der Waals surface area (Å²) in [6.07, 6.45) is 6.90. The molecule has 0 aliphatic rings. The zero-order valence-corrected chi connectivity index (χ0v) is 23.4. The van der Waals surface area contributed by atoms with E-state index in [2.05, 4.69) is 16.0 Å². The standard InChI is InChI=1S/C31H40N4O4/c1-5-23(3)32-18-7-8-19-33-30(37)21-25-13-15-27(16-14-25)29(17-12-24(4)36)34-22-26-10-9-11-28(20-26)35-31(38)39-6-2/h5,9-17,20,32H,6-8,18-19,21-22H2,1-4H3,(H,33,37)(H,35,38)/b17-12-,23-5+,34-29?. The molecule has 8 heteroatoms. The number of benzene rings is 2. The maximum Gasteiger partial charge on any atom is 0.411 e. The Morgan fingerprint density at radius 1 is 0.923 bits per heavy atom. The lowest BCUT2D eigenvalue weighted by molar-refractivity contribution is -0.120. The molecule has 39 heavy (non-hydrogen) atoms. The van der Waals surface area contributed by atoms with Gasteiger partial charge in [-0.3, -0.25) is 19.9 Å². The predicted molar refractivity (Wildman–Crippen MR) is 157 cm³/mol. The van der Waals surface area contributed by atoms with E-state index in [1.54, 1.807) is 19.1 Å². The van der Waals surface area contributed by atoms with Crippen LogP contribution < -0.4 is 16.0 Å². The van der Waals surface area contributed by atoms with Crippen molar-refractivity contribution in [3.8, 4) is 0 Å². The van der Waals surface area contributed by atoms with Gasteiger partial charge in [0, 0.05) is 24.5 Å². The summed E-state index contributed by atoms with van der Waals surface area (Å²) in [5, 5.41) is 8.98. The molecule has 0 fully saturated rings. The zero-order valence-electron chi connectivity index (χ0n) is 23.4. The second-order valence-electron chi connectivity index (χ2n) is 9.02. The topological polar surface area (TPSA) is 109 Å². The number of anilines is 1. The molecule has 0 radical (unpaired) electrons. The quantitative estimate of drug-likeness (QED) is 0.163. The molecule has 0 atom stereocenters. The van der Waals surface area contributed by atoms with E-state index in [0.717, 1.165) is 41.8 Å². The van der Waals surface area contributed by atoms with Crippen molar-refractivity contribution in [2.75, 3.05) is 25.0 Å². The van der Waals surface area contributed by atoms with Crippen LogP contribution in [0.5, 0.6) is 0 Å². The second kappa shape index (κ2) is 17.3. The van der Waals surface area contributed by atoms with Gasteiger partial charge in [-0.2, -0.15) is 0 Å². The molecule has 0 aliphatic carbocycles. The Bertz CT molecular complexity index is 1180. The van der Waals surface area contributed by atoms with Crippen LogP contribution in [0.1, 0.15) is 57.2 Å². The number of ether oxygens (including phenoxy) is 1. The van der Waals surface area contributed by atoms with Crippen LogP contribution >= 0.6 is 0 Å². The SMILES string of the molecule is C/C=C(\C)NCCCCNC(=O)Cc1ccc(C(/C=C\C(C)=O)=NCc2cccc(NC(=O)OCC)c2)cc1. The van der Waals surface area contributed by atoms with Crippen LogP contribution in [0, 0.1) is 0 Å². The predicted octanol–water partition coefficient (Wildman–Crippen LogP) is 5.34. The number of nitrogens with zero attached hydrogens (tertiary/aromatic N) is 1. The van der Waals surface area contributed by atoms with Gasteiger partial charge in [-0.05, 0) is 81.5 Å². The number of allylic oxidation sites excluding steroid dienone is 4. The van der Waals surface area contributed by atoms with Gasteiger partial charge in [-0.15, -0.1) is 0 Å². The van der Waals surface area contributed by atoms with Crippen LogP contribution in [0.3, 0.4) is 0 Å². The molecule has 0 bridgehead atoms. The van der Waals surface area contributed by atoms with E-state index >= 15 is 0 Å². The number of amides is 2. The van der Waals surface area contributed by atoms with Crippen molar-refractivity contribution >= 4 is 29.2 Å². The summed E-state index contributed by atoms with van der Waals surface area (Å²) >= 11 is 0. The van der Waals surface area contributed by atoms with Crippen molar-refractivity contribution in [1.82, 2.24) is 10.6 Å².